The highest BCUT2D eigenvalue weighted by Gasteiger charge is 2.15. The van der Waals surface area contributed by atoms with E-state index in [9.17, 15) is 14.0 Å². The number of nitrogens with zero attached hydrogens (tertiary/aromatic N) is 1. The number of anilines is 2. The minimum absolute atomic E-state index is 0.0585. The number of rotatable bonds is 7. The molecular formula is C23H22FN3O2. The van der Waals surface area contributed by atoms with Gasteiger partial charge in [0.05, 0.1) is 17.8 Å². The molecule has 0 saturated heterocycles. The number of carbonyl (C=O) groups is 2. The van der Waals surface area contributed by atoms with Crippen molar-refractivity contribution in [3.8, 4) is 0 Å². The Morgan fingerprint density at radius 3 is 2.28 bits per heavy atom. The van der Waals surface area contributed by atoms with Gasteiger partial charge in [-0.2, -0.15) is 0 Å². The monoisotopic (exact) mass is 391 g/mol. The molecule has 0 spiro atoms. The summed E-state index contributed by atoms with van der Waals surface area (Å²) in [4.78, 5) is 26.8. The van der Waals surface area contributed by atoms with Crippen molar-refractivity contribution in [1.29, 1.82) is 0 Å². The molecule has 148 valence electrons. The van der Waals surface area contributed by atoms with Gasteiger partial charge < -0.3 is 10.6 Å². The minimum atomic E-state index is -0.313. The number of hydrogen-bond acceptors (Lipinski definition) is 3. The Labute approximate surface area is 169 Å². The number of benzene rings is 3. The van der Waals surface area contributed by atoms with Crippen LogP contribution in [0.5, 0.6) is 0 Å². The van der Waals surface area contributed by atoms with E-state index in [2.05, 4.69) is 10.6 Å². The largest absolute Gasteiger partial charge is 0.324 e. The first-order chi connectivity index (χ1) is 14.0. The average Bonchev–Trinajstić information content (AvgIpc) is 2.70. The highest BCUT2D eigenvalue weighted by Crippen LogP contribution is 2.17. The predicted octanol–water partition coefficient (Wildman–Crippen LogP) is 4.15. The van der Waals surface area contributed by atoms with Crippen LogP contribution in [0.15, 0.2) is 78.9 Å². The van der Waals surface area contributed by atoms with Gasteiger partial charge in [-0.3, -0.25) is 14.5 Å². The minimum Gasteiger partial charge on any atom is -0.324 e. The average molecular weight is 391 g/mol. The molecule has 3 rings (SSSR count). The molecule has 0 heterocycles. The topological polar surface area (TPSA) is 61.4 Å². The molecule has 2 N–H and O–H groups in total. The SMILES string of the molecule is CN(CC(=O)Nc1ccccc1C(=O)Nc1ccccc1)Cc1ccccc1F. The molecule has 29 heavy (non-hydrogen) atoms. The van der Waals surface area contributed by atoms with Crippen LogP contribution in [0.1, 0.15) is 15.9 Å². The molecule has 3 aromatic rings. The molecule has 0 saturated carbocycles. The fourth-order valence-corrected chi connectivity index (χ4v) is 2.92. The Morgan fingerprint density at radius 1 is 0.862 bits per heavy atom. The van der Waals surface area contributed by atoms with Crippen molar-refractivity contribution in [1.82, 2.24) is 4.90 Å². The molecule has 3 aromatic carbocycles. The zero-order valence-corrected chi connectivity index (χ0v) is 16.1. The Bertz CT molecular complexity index is 992. The number of para-hydroxylation sites is 2. The number of halogens is 1. The summed E-state index contributed by atoms with van der Waals surface area (Å²) in [6, 6.07) is 22.4. The summed E-state index contributed by atoms with van der Waals surface area (Å²) >= 11 is 0. The van der Waals surface area contributed by atoms with Crippen molar-refractivity contribution in [2.24, 2.45) is 0 Å². The lowest BCUT2D eigenvalue weighted by molar-refractivity contribution is -0.117. The Balaban J connectivity index is 1.63. The summed E-state index contributed by atoms with van der Waals surface area (Å²) in [6.07, 6.45) is 0. The first kappa shape index (κ1) is 20.2. The standard InChI is InChI=1S/C23H22FN3O2/c1-27(15-17-9-5-7-13-20(17)24)16-22(28)26-21-14-8-6-12-19(21)23(29)25-18-10-3-2-4-11-18/h2-14H,15-16H2,1H3,(H,25,29)(H,26,28). The molecular weight excluding hydrogens is 369 g/mol. The summed E-state index contributed by atoms with van der Waals surface area (Å²) in [5, 5.41) is 5.58. The van der Waals surface area contributed by atoms with E-state index in [-0.39, 0.29) is 24.2 Å². The molecule has 0 aromatic heterocycles. The van der Waals surface area contributed by atoms with Crippen LogP contribution in [-0.4, -0.2) is 30.3 Å². The third kappa shape index (κ3) is 5.73. The zero-order chi connectivity index (χ0) is 20.6. The van der Waals surface area contributed by atoms with Crippen molar-refractivity contribution in [2.45, 2.75) is 6.54 Å². The maximum atomic E-state index is 13.8. The van der Waals surface area contributed by atoms with Crippen LogP contribution in [0.4, 0.5) is 15.8 Å². The molecule has 5 nitrogen and oxygen atoms in total. The fourth-order valence-electron chi connectivity index (χ4n) is 2.92. The van der Waals surface area contributed by atoms with Crippen molar-refractivity contribution in [3.05, 3.63) is 95.8 Å². The van der Waals surface area contributed by atoms with E-state index < -0.39 is 0 Å². The first-order valence-corrected chi connectivity index (χ1v) is 9.20. The second-order valence-corrected chi connectivity index (χ2v) is 6.68. The molecule has 0 fully saturated rings. The maximum Gasteiger partial charge on any atom is 0.257 e. The van der Waals surface area contributed by atoms with Gasteiger partial charge in [-0.25, -0.2) is 4.39 Å². The molecule has 0 bridgehead atoms. The van der Waals surface area contributed by atoms with Crippen LogP contribution in [0.3, 0.4) is 0 Å². The lowest BCUT2D eigenvalue weighted by atomic mass is 10.1. The summed E-state index contributed by atoms with van der Waals surface area (Å²) in [5.74, 6) is -0.904. The van der Waals surface area contributed by atoms with Crippen molar-refractivity contribution < 1.29 is 14.0 Å². The molecule has 0 unspecified atom stereocenters. The fraction of sp³-hybridized carbons (Fsp3) is 0.130. The third-order valence-electron chi connectivity index (χ3n) is 4.29. The Morgan fingerprint density at radius 2 is 1.52 bits per heavy atom. The summed E-state index contributed by atoms with van der Waals surface area (Å²) in [7, 11) is 1.74. The Hall–Kier alpha value is -3.51. The number of hydrogen-bond donors (Lipinski definition) is 2. The predicted molar refractivity (Wildman–Crippen MR) is 112 cm³/mol. The van der Waals surface area contributed by atoms with E-state index in [1.54, 1.807) is 66.5 Å². The van der Waals surface area contributed by atoms with Gasteiger partial charge in [0.25, 0.3) is 5.91 Å². The van der Waals surface area contributed by atoms with Gasteiger partial charge in [0.1, 0.15) is 5.82 Å². The van der Waals surface area contributed by atoms with E-state index in [1.807, 2.05) is 18.2 Å². The van der Waals surface area contributed by atoms with E-state index in [0.717, 1.165) is 0 Å². The van der Waals surface area contributed by atoms with Crippen LogP contribution < -0.4 is 10.6 Å². The highest BCUT2D eigenvalue weighted by molar-refractivity contribution is 6.10. The van der Waals surface area contributed by atoms with Gasteiger partial charge >= 0.3 is 0 Å². The summed E-state index contributed by atoms with van der Waals surface area (Å²) in [5.41, 5.74) is 1.97. The van der Waals surface area contributed by atoms with Crippen molar-refractivity contribution in [2.75, 3.05) is 24.2 Å². The van der Waals surface area contributed by atoms with Crippen LogP contribution in [0, 0.1) is 5.82 Å². The molecule has 0 aliphatic carbocycles. The van der Waals surface area contributed by atoms with E-state index in [1.165, 1.54) is 6.07 Å². The molecule has 0 radical (unpaired) electrons. The van der Waals surface area contributed by atoms with Gasteiger partial charge in [-0.05, 0) is 37.4 Å². The lowest BCUT2D eigenvalue weighted by Gasteiger charge is -2.17. The van der Waals surface area contributed by atoms with Crippen LogP contribution in [-0.2, 0) is 11.3 Å². The second-order valence-electron chi connectivity index (χ2n) is 6.68. The van der Waals surface area contributed by atoms with Gasteiger partial charge in [-0.1, -0.05) is 48.5 Å². The normalized spacial score (nSPS) is 10.6. The molecule has 0 aliphatic heterocycles. The highest BCUT2D eigenvalue weighted by atomic mass is 19.1. The van der Waals surface area contributed by atoms with Gasteiger partial charge in [0, 0.05) is 17.8 Å². The summed E-state index contributed by atoms with van der Waals surface area (Å²) in [6.45, 7) is 0.360. The zero-order valence-electron chi connectivity index (χ0n) is 16.1. The summed E-state index contributed by atoms with van der Waals surface area (Å²) < 4.78 is 13.8. The number of amides is 2. The quantitative estimate of drug-likeness (QED) is 0.636. The van der Waals surface area contributed by atoms with Gasteiger partial charge in [0.2, 0.25) is 5.91 Å². The van der Waals surface area contributed by atoms with Crippen molar-refractivity contribution in [3.63, 3.8) is 0 Å². The maximum absolute atomic E-state index is 13.8. The van der Waals surface area contributed by atoms with Crippen LogP contribution in [0.25, 0.3) is 0 Å². The number of nitrogens with one attached hydrogen (secondary N) is 2. The smallest absolute Gasteiger partial charge is 0.257 e. The van der Waals surface area contributed by atoms with E-state index in [0.29, 0.717) is 29.0 Å². The lowest BCUT2D eigenvalue weighted by Crippen LogP contribution is -2.30. The number of carbonyl (C=O) groups excluding carboxylic acids is 2. The molecule has 2 amide bonds. The van der Waals surface area contributed by atoms with Gasteiger partial charge in [0.15, 0.2) is 0 Å². The van der Waals surface area contributed by atoms with Crippen molar-refractivity contribution >= 4 is 23.2 Å². The van der Waals surface area contributed by atoms with Crippen LogP contribution in [0.2, 0.25) is 0 Å². The number of likely N-dealkylation sites (N-methyl/N-ethyl adjacent to an activating group) is 1. The van der Waals surface area contributed by atoms with Crippen LogP contribution >= 0.6 is 0 Å². The van der Waals surface area contributed by atoms with E-state index >= 15 is 0 Å². The Kier molecular flexibility index (Phi) is 6.71. The second kappa shape index (κ2) is 9.61. The molecule has 6 heteroatoms. The third-order valence-corrected chi connectivity index (χ3v) is 4.29. The molecule has 0 atom stereocenters. The molecule has 0 aliphatic rings. The van der Waals surface area contributed by atoms with Gasteiger partial charge in [-0.15, -0.1) is 0 Å². The first-order valence-electron chi connectivity index (χ1n) is 9.20. The van der Waals surface area contributed by atoms with E-state index in [4.69, 9.17) is 0 Å².